The van der Waals surface area contributed by atoms with Crippen LogP contribution in [-0.4, -0.2) is 55.9 Å². The monoisotopic (exact) mass is 417 g/mol. The molecule has 9 heteroatoms. The molecule has 154 valence electrons. The molecule has 2 aliphatic rings. The molecule has 0 unspecified atom stereocenters. The van der Waals surface area contributed by atoms with Crippen molar-refractivity contribution in [1.29, 1.82) is 0 Å². The highest BCUT2D eigenvalue weighted by Gasteiger charge is 2.69. The van der Waals surface area contributed by atoms with Gasteiger partial charge in [0.2, 0.25) is 0 Å². The van der Waals surface area contributed by atoms with Gasteiger partial charge in [-0.3, -0.25) is 4.79 Å². The van der Waals surface area contributed by atoms with Crippen molar-refractivity contribution in [2.75, 3.05) is 12.4 Å². The molecular formula is C20H23N3O5S. The summed E-state index contributed by atoms with van der Waals surface area (Å²) in [6.07, 6.45) is 0. The number of aromatic nitrogens is 1. The van der Waals surface area contributed by atoms with Crippen LogP contribution in [0.4, 0.5) is 5.69 Å². The lowest BCUT2D eigenvalue weighted by molar-refractivity contribution is -0.163. The number of fused-ring (bicyclic) bond motifs is 1. The van der Waals surface area contributed by atoms with E-state index in [-0.39, 0.29) is 11.3 Å². The van der Waals surface area contributed by atoms with E-state index >= 15 is 0 Å². The number of carboxylic acids is 1. The Bertz CT molecular complexity index is 1000. The van der Waals surface area contributed by atoms with Crippen LogP contribution in [0.15, 0.2) is 28.8 Å². The lowest BCUT2D eigenvalue weighted by Crippen LogP contribution is -2.75. The zero-order chi connectivity index (χ0) is 21.1. The maximum absolute atomic E-state index is 13.1. The zero-order valence-corrected chi connectivity index (χ0v) is 17.7. The second-order valence-electron chi connectivity index (χ2n) is 8.02. The van der Waals surface area contributed by atoms with Gasteiger partial charge in [-0.1, -0.05) is 17.3 Å². The van der Waals surface area contributed by atoms with Crippen LogP contribution in [0.3, 0.4) is 0 Å². The number of methoxy groups -OCH3 is 1. The maximum Gasteiger partial charge on any atom is 0.327 e. The van der Waals surface area contributed by atoms with Crippen LogP contribution in [-0.2, 0) is 9.59 Å². The number of nitrogens with one attached hydrogen (secondary N) is 1. The Morgan fingerprint density at radius 3 is 2.69 bits per heavy atom. The molecule has 8 nitrogen and oxygen atoms in total. The Kier molecular flexibility index (Phi) is 4.34. The summed E-state index contributed by atoms with van der Waals surface area (Å²) in [7, 11) is 1.58. The van der Waals surface area contributed by atoms with Gasteiger partial charge in [-0.05, 0) is 39.8 Å². The molecule has 0 spiro atoms. The first-order valence-electron chi connectivity index (χ1n) is 9.23. The first kappa shape index (κ1) is 19.6. The number of carbonyl (C=O) groups is 2. The fourth-order valence-corrected chi connectivity index (χ4v) is 5.79. The molecule has 0 radical (unpaired) electrons. The number of anilines is 1. The molecule has 3 atom stereocenters. The summed E-state index contributed by atoms with van der Waals surface area (Å²) in [5, 5.41) is 16.8. The van der Waals surface area contributed by atoms with Crippen molar-refractivity contribution in [3.63, 3.8) is 0 Å². The van der Waals surface area contributed by atoms with Crippen LogP contribution in [0.1, 0.15) is 26.5 Å². The number of β-lactam (4-membered cyclic amide) rings is 1. The number of carboxylic acid groups (broad SMARTS) is 1. The second-order valence-corrected chi connectivity index (χ2v) is 9.75. The van der Waals surface area contributed by atoms with E-state index in [1.54, 1.807) is 21.0 Å². The summed E-state index contributed by atoms with van der Waals surface area (Å²) >= 11 is 1.49. The van der Waals surface area contributed by atoms with Crippen molar-refractivity contribution in [2.45, 2.75) is 49.4 Å². The number of benzene rings is 1. The van der Waals surface area contributed by atoms with Crippen LogP contribution in [0.25, 0.3) is 11.3 Å². The normalized spacial score (nSPS) is 27.3. The summed E-state index contributed by atoms with van der Waals surface area (Å²) in [6, 6.07) is 6.56. The highest BCUT2D eigenvalue weighted by atomic mass is 32.2. The molecular weight excluding hydrogens is 394 g/mol. The number of hydrogen-bond donors (Lipinski definition) is 2. The molecule has 4 rings (SSSR count). The number of ether oxygens (including phenoxy) is 1. The number of aryl methyl sites for hydroxylation is 1. The Labute approximate surface area is 172 Å². The molecule has 2 aliphatic heterocycles. The minimum absolute atomic E-state index is 0.250. The SMILES string of the molecule is COc1ccccc1-c1noc(C)c1N[C@@]1(C)C(=O)N2[C@@H](C(=O)O)C(C)(C)S[C@@H]21. The van der Waals surface area contributed by atoms with Crippen molar-refractivity contribution in [3.8, 4) is 17.0 Å². The Hall–Kier alpha value is -2.68. The van der Waals surface area contributed by atoms with E-state index in [0.717, 1.165) is 5.56 Å². The number of thioether (sulfide) groups is 1. The van der Waals surface area contributed by atoms with E-state index in [4.69, 9.17) is 9.26 Å². The second kappa shape index (κ2) is 6.41. The number of rotatable bonds is 5. The first-order valence-corrected chi connectivity index (χ1v) is 10.1. The van der Waals surface area contributed by atoms with Gasteiger partial charge in [0.05, 0.1) is 7.11 Å². The fraction of sp³-hybridized carbons (Fsp3) is 0.450. The van der Waals surface area contributed by atoms with Gasteiger partial charge in [-0.2, -0.15) is 0 Å². The Balaban J connectivity index is 1.71. The number of aliphatic carboxylic acids is 1. The minimum Gasteiger partial charge on any atom is -0.496 e. The standard InChI is InChI=1S/C20H23N3O5S/c1-10-13(14(22-28-10)11-8-6-7-9-12(11)27-5)21-20(4)17(26)23-15(16(24)25)19(2,3)29-18(20)23/h6-9,15,18,21H,1-5H3,(H,24,25)/t15-,18+,20-/m0/s1. The highest BCUT2D eigenvalue weighted by molar-refractivity contribution is 8.01. The topological polar surface area (TPSA) is 105 Å². The lowest BCUT2D eigenvalue weighted by atomic mass is 9.85. The molecule has 1 aromatic heterocycles. The summed E-state index contributed by atoms with van der Waals surface area (Å²) in [5.41, 5.74) is 0.912. The van der Waals surface area contributed by atoms with Gasteiger partial charge < -0.3 is 24.6 Å². The molecule has 0 aliphatic carbocycles. The Morgan fingerprint density at radius 1 is 1.34 bits per heavy atom. The molecule has 2 saturated heterocycles. The van der Waals surface area contributed by atoms with Gasteiger partial charge in [-0.25, -0.2) is 4.79 Å². The zero-order valence-electron chi connectivity index (χ0n) is 16.8. The summed E-state index contributed by atoms with van der Waals surface area (Å²) in [5.74, 6) is -0.0656. The predicted octanol–water partition coefficient (Wildman–Crippen LogP) is 2.98. The molecule has 1 amide bonds. The fourth-order valence-electron chi connectivity index (χ4n) is 4.14. The summed E-state index contributed by atoms with van der Waals surface area (Å²) < 4.78 is 10.3. The van der Waals surface area contributed by atoms with Gasteiger partial charge >= 0.3 is 5.97 Å². The molecule has 2 N–H and O–H groups in total. The van der Waals surface area contributed by atoms with E-state index in [0.29, 0.717) is 22.9 Å². The van der Waals surface area contributed by atoms with E-state index in [1.807, 2.05) is 38.1 Å². The third-order valence-corrected chi connectivity index (χ3v) is 7.37. The Morgan fingerprint density at radius 2 is 2.03 bits per heavy atom. The summed E-state index contributed by atoms with van der Waals surface area (Å²) in [4.78, 5) is 26.3. The number of hydrogen-bond acceptors (Lipinski definition) is 7. The van der Waals surface area contributed by atoms with Gasteiger partial charge in [0, 0.05) is 10.3 Å². The maximum atomic E-state index is 13.1. The van der Waals surface area contributed by atoms with Gasteiger partial charge in [0.25, 0.3) is 5.91 Å². The molecule has 2 aromatic rings. The van der Waals surface area contributed by atoms with Crippen LogP contribution in [0.2, 0.25) is 0 Å². The van der Waals surface area contributed by atoms with Gasteiger partial charge in [-0.15, -0.1) is 11.8 Å². The van der Waals surface area contributed by atoms with Crippen LogP contribution in [0.5, 0.6) is 5.75 Å². The minimum atomic E-state index is -0.990. The molecule has 2 fully saturated rings. The van der Waals surface area contributed by atoms with Crippen LogP contribution < -0.4 is 10.1 Å². The summed E-state index contributed by atoms with van der Waals surface area (Å²) in [6.45, 7) is 7.27. The van der Waals surface area contributed by atoms with Crippen molar-refractivity contribution >= 4 is 29.3 Å². The molecule has 3 heterocycles. The van der Waals surface area contributed by atoms with Crippen LogP contribution >= 0.6 is 11.8 Å². The number of nitrogens with zero attached hydrogens (tertiary/aromatic N) is 2. The number of para-hydroxylation sites is 1. The van der Waals surface area contributed by atoms with E-state index in [1.165, 1.54) is 16.7 Å². The smallest absolute Gasteiger partial charge is 0.327 e. The van der Waals surface area contributed by atoms with Crippen LogP contribution in [0, 0.1) is 6.92 Å². The molecule has 0 saturated carbocycles. The third-order valence-electron chi connectivity index (χ3n) is 5.62. The lowest BCUT2D eigenvalue weighted by Gasteiger charge is -2.51. The predicted molar refractivity (Wildman–Crippen MR) is 109 cm³/mol. The van der Waals surface area contributed by atoms with Gasteiger partial charge in [0.15, 0.2) is 5.76 Å². The van der Waals surface area contributed by atoms with Crippen molar-refractivity contribution < 1.29 is 24.0 Å². The van der Waals surface area contributed by atoms with Crippen molar-refractivity contribution in [1.82, 2.24) is 10.1 Å². The quantitative estimate of drug-likeness (QED) is 0.716. The van der Waals surface area contributed by atoms with E-state index in [9.17, 15) is 14.7 Å². The van der Waals surface area contributed by atoms with Crippen molar-refractivity contribution in [3.05, 3.63) is 30.0 Å². The molecule has 1 aromatic carbocycles. The van der Waals surface area contributed by atoms with Gasteiger partial charge in [0.1, 0.15) is 34.1 Å². The van der Waals surface area contributed by atoms with Crippen molar-refractivity contribution in [2.24, 2.45) is 0 Å². The van der Waals surface area contributed by atoms with E-state index < -0.39 is 22.3 Å². The third kappa shape index (κ3) is 2.71. The van der Waals surface area contributed by atoms with E-state index in [2.05, 4.69) is 10.5 Å². The average Bonchev–Trinajstić information content (AvgIpc) is 3.17. The highest BCUT2D eigenvalue weighted by Crippen LogP contribution is 2.56. The largest absolute Gasteiger partial charge is 0.496 e. The average molecular weight is 417 g/mol. The number of amides is 1. The molecule has 29 heavy (non-hydrogen) atoms. The molecule has 0 bridgehead atoms. The first-order chi connectivity index (χ1) is 13.6. The number of carbonyl (C=O) groups excluding carboxylic acids is 1.